The largest absolute Gasteiger partial charge is 0.433 e. The fraction of sp³-hybridized carbons (Fsp3) is 0.500. The Morgan fingerprint density at radius 1 is 1.62 bits per heavy atom. The molecule has 88 valence electrons. The number of carbonyl (C=O) groups excluding carboxylic acids is 1. The van der Waals surface area contributed by atoms with Gasteiger partial charge in [-0.05, 0) is 38.8 Å². The Labute approximate surface area is 95.8 Å². The van der Waals surface area contributed by atoms with Crippen LogP contribution in [-0.4, -0.2) is 36.4 Å². The molecular formula is C10H18BN3O2. The molecule has 0 aliphatic heterocycles. The molecule has 0 unspecified atom stereocenters. The van der Waals surface area contributed by atoms with Crippen molar-refractivity contribution in [1.82, 2.24) is 10.3 Å². The highest BCUT2D eigenvalue weighted by Crippen LogP contribution is 2.10. The Hall–Kier alpha value is -1.27. The van der Waals surface area contributed by atoms with E-state index in [0.29, 0.717) is 0 Å². The Morgan fingerprint density at radius 3 is 2.94 bits per heavy atom. The maximum Gasteiger partial charge on any atom is 0.408 e. The van der Waals surface area contributed by atoms with Gasteiger partial charge < -0.3 is 25.3 Å². The van der Waals surface area contributed by atoms with E-state index in [2.05, 4.69) is 15.5 Å². The molecule has 5 nitrogen and oxygen atoms in total. The summed E-state index contributed by atoms with van der Waals surface area (Å²) in [5.41, 5.74) is 1.05. The molecule has 0 amide bonds. The number of hydrogen-bond acceptors (Lipinski definition) is 4. The first-order chi connectivity index (χ1) is 7.65. The van der Waals surface area contributed by atoms with Crippen LogP contribution in [0.2, 0.25) is 6.82 Å². The van der Waals surface area contributed by atoms with Gasteiger partial charge in [0.2, 0.25) is 0 Å². The SMILES string of the molecule is CN[C@H](C=O)CCc1ccc(NB(C)O)[nH]1. The molecule has 0 radical (unpaired) electrons. The fourth-order valence-electron chi connectivity index (χ4n) is 1.49. The van der Waals surface area contributed by atoms with Crippen molar-refractivity contribution in [3.63, 3.8) is 0 Å². The number of carbonyl (C=O) groups is 1. The lowest BCUT2D eigenvalue weighted by Crippen LogP contribution is -2.27. The predicted molar refractivity (Wildman–Crippen MR) is 65.5 cm³/mol. The number of H-pyrrole nitrogens is 1. The number of aldehydes is 1. The van der Waals surface area contributed by atoms with Crippen molar-refractivity contribution in [2.75, 3.05) is 12.3 Å². The molecule has 0 aliphatic carbocycles. The molecule has 1 atom stereocenters. The van der Waals surface area contributed by atoms with Crippen LogP contribution in [-0.2, 0) is 11.2 Å². The second kappa shape index (κ2) is 6.35. The van der Waals surface area contributed by atoms with Gasteiger partial charge in [-0.25, -0.2) is 0 Å². The number of nitrogens with one attached hydrogen (secondary N) is 3. The number of likely N-dealkylation sites (N-methyl/N-ethyl adjacent to an activating group) is 1. The van der Waals surface area contributed by atoms with Crippen molar-refractivity contribution in [3.05, 3.63) is 17.8 Å². The second-order valence-electron chi connectivity index (χ2n) is 3.79. The van der Waals surface area contributed by atoms with Gasteiger partial charge in [0.25, 0.3) is 0 Å². The van der Waals surface area contributed by atoms with E-state index < -0.39 is 7.05 Å². The molecule has 4 N–H and O–H groups in total. The molecule has 0 bridgehead atoms. The van der Waals surface area contributed by atoms with Crippen LogP contribution in [0, 0.1) is 0 Å². The third kappa shape index (κ3) is 4.08. The molecular weight excluding hydrogens is 205 g/mol. The lowest BCUT2D eigenvalue weighted by molar-refractivity contribution is -0.109. The standard InChI is InChI=1S/C10H18BN3O2/c1-11(16)14-10-6-5-8(13-10)3-4-9(7-15)12-2/h5-7,9,12-14,16H,3-4H2,1-2H3/t9-/m0/s1. The van der Waals surface area contributed by atoms with Crippen molar-refractivity contribution in [2.45, 2.75) is 25.7 Å². The molecule has 0 saturated heterocycles. The van der Waals surface area contributed by atoms with E-state index in [-0.39, 0.29) is 6.04 Å². The van der Waals surface area contributed by atoms with Gasteiger partial charge in [-0.15, -0.1) is 0 Å². The van der Waals surface area contributed by atoms with Crippen LogP contribution in [0.1, 0.15) is 12.1 Å². The van der Waals surface area contributed by atoms with Crippen molar-refractivity contribution >= 4 is 19.2 Å². The molecule has 1 aromatic heterocycles. The van der Waals surface area contributed by atoms with Crippen LogP contribution < -0.4 is 10.5 Å². The Bertz CT molecular complexity index is 328. The monoisotopic (exact) mass is 223 g/mol. The van der Waals surface area contributed by atoms with Crippen LogP contribution in [0.4, 0.5) is 5.82 Å². The molecule has 1 aromatic rings. The smallest absolute Gasteiger partial charge is 0.408 e. The maximum atomic E-state index is 10.6. The van der Waals surface area contributed by atoms with E-state index in [9.17, 15) is 4.79 Å². The van der Waals surface area contributed by atoms with E-state index >= 15 is 0 Å². The van der Waals surface area contributed by atoms with Gasteiger partial charge in [0.1, 0.15) is 6.29 Å². The molecule has 16 heavy (non-hydrogen) atoms. The zero-order chi connectivity index (χ0) is 12.0. The minimum absolute atomic E-state index is 0.100. The molecule has 0 saturated carbocycles. The summed E-state index contributed by atoms with van der Waals surface area (Å²) in [5, 5.41) is 14.9. The van der Waals surface area contributed by atoms with Crippen LogP contribution in [0.3, 0.4) is 0 Å². The van der Waals surface area contributed by atoms with E-state index in [4.69, 9.17) is 5.02 Å². The average Bonchev–Trinajstić information content (AvgIpc) is 2.66. The highest BCUT2D eigenvalue weighted by Gasteiger charge is 2.07. The van der Waals surface area contributed by atoms with Crippen LogP contribution in [0.25, 0.3) is 0 Å². The van der Waals surface area contributed by atoms with E-state index in [1.54, 1.807) is 13.9 Å². The number of aromatic amines is 1. The summed E-state index contributed by atoms with van der Waals surface area (Å²) in [6.45, 7) is 1.66. The first-order valence-electron chi connectivity index (χ1n) is 5.40. The normalized spacial score (nSPS) is 12.2. The molecule has 1 heterocycles. The Morgan fingerprint density at radius 2 is 2.38 bits per heavy atom. The lowest BCUT2D eigenvalue weighted by Gasteiger charge is -2.07. The molecule has 0 spiro atoms. The third-order valence-electron chi connectivity index (χ3n) is 2.37. The van der Waals surface area contributed by atoms with Gasteiger partial charge in [-0.2, -0.15) is 0 Å². The zero-order valence-electron chi connectivity index (χ0n) is 9.66. The topological polar surface area (TPSA) is 77.2 Å². The first kappa shape index (κ1) is 12.8. The zero-order valence-corrected chi connectivity index (χ0v) is 9.66. The summed E-state index contributed by atoms with van der Waals surface area (Å²) < 4.78 is 0. The van der Waals surface area contributed by atoms with Gasteiger partial charge in [0.15, 0.2) is 0 Å². The summed E-state index contributed by atoms with van der Waals surface area (Å²) in [6.07, 6.45) is 2.47. The van der Waals surface area contributed by atoms with E-state index in [1.807, 2.05) is 12.1 Å². The van der Waals surface area contributed by atoms with E-state index in [1.165, 1.54) is 0 Å². The highest BCUT2D eigenvalue weighted by molar-refractivity contribution is 6.52. The number of anilines is 1. The molecule has 0 aromatic carbocycles. The van der Waals surface area contributed by atoms with Gasteiger partial charge >= 0.3 is 7.05 Å². The number of aromatic nitrogens is 1. The quantitative estimate of drug-likeness (QED) is 0.395. The third-order valence-corrected chi connectivity index (χ3v) is 2.37. The minimum atomic E-state index is -0.577. The Balaban J connectivity index is 2.42. The van der Waals surface area contributed by atoms with Gasteiger partial charge in [0, 0.05) is 5.69 Å². The van der Waals surface area contributed by atoms with Gasteiger partial charge in [0.05, 0.1) is 11.9 Å². The Kier molecular flexibility index (Phi) is 5.08. The molecule has 1 rings (SSSR count). The molecule has 0 fully saturated rings. The van der Waals surface area contributed by atoms with Gasteiger partial charge in [-0.1, -0.05) is 0 Å². The lowest BCUT2D eigenvalue weighted by atomic mass is 9.89. The average molecular weight is 223 g/mol. The van der Waals surface area contributed by atoms with Crippen LogP contribution in [0.5, 0.6) is 0 Å². The first-order valence-corrected chi connectivity index (χ1v) is 5.40. The summed E-state index contributed by atoms with van der Waals surface area (Å²) in [6, 6.07) is 3.72. The van der Waals surface area contributed by atoms with Gasteiger partial charge in [-0.3, -0.25) is 0 Å². The van der Waals surface area contributed by atoms with E-state index in [0.717, 1.165) is 30.6 Å². The fourth-order valence-corrected chi connectivity index (χ4v) is 1.49. The summed E-state index contributed by atoms with van der Waals surface area (Å²) >= 11 is 0. The van der Waals surface area contributed by atoms with Crippen LogP contribution in [0.15, 0.2) is 12.1 Å². The van der Waals surface area contributed by atoms with Crippen molar-refractivity contribution in [1.29, 1.82) is 0 Å². The van der Waals surface area contributed by atoms with Crippen molar-refractivity contribution < 1.29 is 9.82 Å². The summed E-state index contributed by atoms with van der Waals surface area (Å²) in [5.74, 6) is 0.789. The second-order valence-corrected chi connectivity index (χ2v) is 3.79. The summed E-state index contributed by atoms with van der Waals surface area (Å²) in [4.78, 5) is 13.7. The van der Waals surface area contributed by atoms with Crippen molar-refractivity contribution in [3.8, 4) is 0 Å². The molecule has 6 heteroatoms. The minimum Gasteiger partial charge on any atom is -0.433 e. The summed E-state index contributed by atoms with van der Waals surface area (Å²) in [7, 11) is 1.19. The predicted octanol–water partition coefficient (Wildman–Crippen LogP) is 0.256. The molecule has 0 aliphatic rings. The van der Waals surface area contributed by atoms with Crippen LogP contribution >= 0.6 is 0 Å². The highest BCUT2D eigenvalue weighted by atomic mass is 16.2. The number of aryl methyl sites for hydroxylation is 1. The number of hydrogen-bond donors (Lipinski definition) is 4. The maximum absolute atomic E-state index is 10.6. The van der Waals surface area contributed by atoms with Crippen molar-refractivity contribution in [2.24, 2.45) is 0 Å². The number of rotatable bonds is 7.